The highest BCUT2D eigenvalue weighted by atomic mass is 16.4. The Labute approximate surface area is 86.1 Å². The average Bonchev–Trinajstić information content (AvgIpc) is 2.43. The first kappa shape index (κ1) is 11.5. The van der Waals surface area contributed by atoms with Gasteiger partial charge in [0.05, 0.1) is 5.92 Å². The number of likely N-dealkylation sites (tertiary alicyclic amines) is 1. The monoisotopic (exact) mass is 199 g/mol. The molecule has 1 rings (SSSR count). The normalized spacial score (nSPS) is 28.6. The van der Waals surface area contributed by atoms with E-state index < -0.39 is 5.97 Å². The van der Waals surface area contributed by atoms with Gasteiger partial charge in [-0.15, -0.1) is 0 Å². The van der Waals surface area contributed by atoms with Crippen LogP contribution in [0.2, 0.25) is 0 Å². The summed E-state index contributed by atoms with van der Waals surface area (Å²) in [5.41, 5.74) is 0. The van der Waals surface area contributed by atoms with Crippen molar-refractivity contribution in [2.75, 3.05) is 13.1 Å². The Morgan fingerprint density at radius 1 is 1.57 bits per heavy atom. The van der Waals surface area contributed by atoms with E-state index in [0.29, 0.717) is 5.92 Å². The van der Waals surface area contributed by atoms with Crippen molar-refractivity contribution in [3.8, 4) is 0 Å². The zero-order valence-electron chi connectivity index (χ0n) is 9.36. The summed E-state index contributed by atoms with van der Waals surface area (Å²) in [5.74, 6) is -0.0854. The van der Waals surface area contributed by atoms with Crippen molar-refractivity contribution in [1.29, 1.82) is 0 Å². The van der Waals surface area contributed by atoms with Crippen LogP contribution >= 0.6 is 0 Å². The maximum Gasteiger partial charge on any atom is 0.308 e. The lowest BCUT2D eigenvalue weighted by molar-refractivity contribution is -0.142. The summed E-state index contributed by atoms with van der Waals surface area (Å²) in [6.45, 7) is 8.43. The lowest BCUT2D eigenvalue weighted by Crippen LogP contribution is -2.34. The number of hydrogen-bond acceptors (Lipinski definition) is 2. The number of rotatable bonds is 4. The Bertz CT molecular complexity index is 203. The highest BCUT2D eigenvalue weighted by molar-refractivity contribution is 5.71. The fraction of sp³-hybridized carbons (Fsp3) is 0.909. The largest absolute Gasteiger partial charge is 0.481 e. The molecule has 1 saturated heterocycles. The van der Waals surface area contributed by atoms with Gasteiger partial charge < -0.3 is 5.11 Å². The van der Waals surface area contributed by atoms with Gasteiger partial charge >= 0.3 is 5.97 Å². The van der Waals surface area contributed by atoms with Gasteiger partial charge in [0, 0.05) is 6.04 Å². The molecule has 0 aliphatic carbocycles. The van der Waals surface area contributed by atoms with Crippen molar-refractivity contribution in [1.82, 2.24) is 4.90 Å². The number of carboxylic acids is 1. The predicted octanol–water partition coefficient (Wildman–Crippen LogP) is 1.83. The van der Waals surface area contributed by atoms with E-state index in [2.05, 4.69) is 18.7 Å². The Balaban J connectivity index is 2.39. The number of hydrogen-bond donors (Lipinski definition) is 1. The summed E-state index contributed by atoms with van der Waals surface area (Å²) in [5, 5.41) is 8.95. The van der Waals surface area contributed by atoms with Crippen LogP contribution in [0.25, 0.3) is 0 Å². The van der Waals surface area contributed by atoms with Gasteiger partial charge in [-0.1, -0.05) is 13.8 Å². The summed E-state index contributed by atoms with van der Waals surface area (Å²) in [6.07, 6.45) is 1.98. The molecule has 14 heavy (non-hydrogen) atoms. The molecule has 2 unspecified atom stereocenters. The summed E-state index contributed by atoms with van der Waals surface area (Å²) in [6, 6.07) is 0.214. The summed E-state index contributed by atoms with van der Waals surface area (Å²) < 4.78 is 0. The molecule has 0 radical (unpaired) electrons. The zero-order chi connectivity index (χ0) is 10.7. The van der Waals surface area contributed by atoms with Gasteiger partial charge in [-0.2, -0.15) is 0 Å². The lowest BCUT2D eigenvalue weighted by Gasteiger charge is -2.23. The van der Waals surface area contributed by atoms with E-state index in [4.69, 9.17) is 5.11 Å². The minimum atomic E-state index is -0.635. The molecule has 0 aromatic rings. The first-order chi connectivity index (χ1) is 6.52. The highest BCUT2D eigenvalue weighted by Gasteiger charge is 2.34. The Hall–Kier alpha value is -0.570. The molecule has 1 N–H and O–H groups in total. The topological polar surface area (TPSA) is 40.5 Å². The molecule has 0 amide bonds. The first-order valence-corrected chi connectivity index (χ1v) is 5.49. The molecule has 0 aromatic heterocycles. The van der Waals surface area contributed by atoms with Crippen molar-refractivity contribution in [3.05, 3.63) is 0 Å². The fourth-order valence-electron chi connectivity index (χ4n) is 2.07. The van der Waals surface area contributed by atoms with Crippen molar-refractivity contribution < 1.29 is 9.90 Å². The minimum Gasteiger partial charge on any atom is -0.481 e. The molecule has 3 nitrogen and oxygen atoms in total. The van der Waals surface area contributed by atoms with Crippen molar-refractivity contribution >= 4 is 5.97 Å². The van der Waals surface area contributed by atoms with Crippen LogP contribution in [0.5, 0.6) is 0 Å². The molecular weight excluding hydrogens is 178 g/mol. The molecule has 1 heterocycles. The smallest absolute Gasteiger partial charge is 0.308 e. The van der Waals surface area contributed by atoms with E-state index >= 15 is 0 Å². The summed E-state index contributed by atoms with van der Waals surface area (Å²) in [7, 11) is 0. The quantitative estimate of drug-likeness (QED) is 0.751. The summed E-state index contributed by atoms with van der Waals surface area (Å²) >= 11 is 0. The van der Waals surface area contributed by atoms with Crippen molar-refractivity contribution in [3.63, 3.8) is 0 Å². The standard InChI is InChI=1S/C11H21NO2/c1-8(2)4-6-12-7-5-10(9(12)3)11(13)14/h8-10H,4-7H2,1-3H3,(H,13,14). The third-order valence-electron chi connectivity index (χ3n) is 3.20. The van der Waals surface area contributed by atoms with Crippen LogP contribution in [0, 0.1) is 11.8 Å². The molecule has 1 fully saturated rings. The van der Waals surface area contributed by atoms with Crippen LogP contribution in [0.3, 0.4) is 0 Å². The van der Waals surface area contributed by atoms with Crippen LogP contribution in [0.1, 0.15) is 33.6 Å². The van der Waals surface area contributed by atoms with Crippen LogP contribution in [0.15, 0.2) is 0 Å². The Morgan fingerprint density at radius 3 is 2.64 bits per heavy atom. The Morgan fingerprint density at radius 2 is 2.21 bits per heavy atom. The van der Waals surface area contributed by atoms with Gasteiger partial charge in [-0.05, 0) is 38.8 Å². The maximum absolute atomic E-state index is 10.9. The number of aliphatic carboxylic acids is 1. The van der Waals surface area contributed by atoms with E-state index in [1.165, 1.54) is 0 Å². The van der Waals surface area contributed by atoms with E-state index in [-0.39, 0.29) is 12.0 Å². The number of carboxylic acid groups (broad SMARTS) is 1. The molecule has 3 heteroatoms. The molecule has 1 aliphatic heterocycles. The van der Waals surface area contributed by atoms with Gasteiger partial charge in [0.25, 0.3) is 0 Å². The molecule has 2 atom stereocenters. The van der Waals surface area contributed by atoms with Crippen molar-refractivity contribution in [2.45, 2.75) is 39.7 Å². The molecular formula is C11H21NO2. The van der Waals surface area contributed by atoms with Crippen LogP contribution in [-0.2, 0) is 4.79 Å². The second-order valence-electron chi connectivity index (χ2n) is 4.69. The Kier molecular flexibility index (Phi) is 3.93. The fourth-order valence-corrected chi connectivity index (χ4v) is 2.07. The minimum absolute atomic E-state index is 0.151. The first-order valence-electron chi connectivity index (χ1n) is 5.49. The second kappa shape index (κ2) is 4.78. The van der Waals surface area contributed by atoms with Gasteiger partial charge in [0.2, 0.25) is 0 Å². The zero-order valence-corrected chi connectivity index (χ0v) is 9.36. The highest BCUT2D eigenvalue weighted by Crippen LogP contribution is 2.24. The van der Waals surface area contributed by atoms with E-state index in [1.807, 2.05) is 6.92 Å². The van der Waals surface area contributed by atoms with Gasteiger partial charge in [0.1, 0.15) is 0 Å². The molecule has 0 bridgehead atoms. The molecule has 0 spiro atoms. The average molecular weight is 199 g/mol. The van der Waals surface area contributed by atoms with E-state index in [0.717, 1.165) is 25.9 Å². The van der Waals surface area contributed by atoms with Crippen LogP contribution < -0.4 is 0 Å². The van der Waals surface area contributed by atoms with Crippen molar-refractivity contribution in [2.24, 2.45) is 11.8 Å². The summed E-state index contributed by atoms with van der Waals surface area (Å²) in [4.78, 5) is 13.2. The van der Waals surface area contributed by atoms with Gasteiger partial charge in [0.15, 0.2) is 0 Å². The van der Waals surface area contributed by atoms with Gasteiger partial charge in [-0.25, -0.2) is 0 Å². The number of carbonyl (C=O) groups is 1. The predicted molar refractivity (Wildman–Crippen MR) is 56.2 cm³/mol. The molecule has 82 valence electrons. The molecule has 0 saturated carbocycles. The molecule has 1 aliphatic rings. The third-order valence-corrected chi connectivity index (χ3v) is 3.20. The van der Waals surface area contributed by atoms with E-state index in [1.54, 1.807) is 0 Å². The second-order valence-corrected chi connectivity index (χ2v) is 4.69. The van der Waals surface area contributed by atoms with Gasteiger partial charge in [-0.3, -0.25) is 9.69 Å². The SMILES string of the molecule is CC(C)CCN1CCC(C(=O)O)C1C. The van der Waals surface area contributed by atoms with Crippen LogP contribution in [0.4, 0.5) is 0 Å². The van der Waals surface area contributed by atoms with E-state index in [9.17, 15) is 4.79 Å². The third kappa shape index (κ3) is 2.71. The number of nitrogens with zero attached hydrogens (tertiary/aromatic N) is 1. The lowest BCUT2D eigenvalue weighted by atomic mass is 10.0. The molecule has 0 aromatic carbocycles. The van der Waals surface area contributed by atoms with Crippen LogP contribution in [-0.4, -0.2) is 35.1 Å². The maximum atomic E-state index is 10.9.